The van der Waals surface area contributed by atoms with E-state index in [0.29, 0.717) is 11.8 Å². The van der Waals surface area contributed by atoms with E-state index < -0.39 is 5.60 Å². The lowest BCUT2D eigenvalue weighted by molar-refractivity contribution is -0.0648. The molecule has 1 aliphatic carbocycles. The Morgan fingerprint density at radius 3 is 2.64 bits per heavy atom. The number of benzene rings is 1. The Labute approximate surface area is 150 Å². The van der Waals surface area contributed by atoms with Crippen molar-refractivity contribution in [2.75, 3.05) is 13.1 Å². The second kappa shape index (κ2) is 6.26. The molecule has 1 aromatic carbocycles. The van der Waals surface area contributed by atoms with Crippen LogP contribution in [0.3, 0.4) is 0 Å². The van der Waals surface area contributed by atoms with Crippen LogP contribution in [-0.2, 0) is 19.2 Å². The van der Waals surface area contributed by atoms with Gasteiger partial charge in [0.2, 0.25) is 0 Å². The summed E-state index contributed by atoms with van der Waals surface area (Å²) in [5, 5.41) is 16.0. The summed E-state index contributed by atoms with van der Waals surface area (Å²) in [5.74, 6) is 0.929. The highest BCUT2D eigenvalue weighted by molar-refractivity contribution is 5.29. The van der Waals surface area contributed by atoms with Crippen LogP contribution in [0.1, 0.15) is 41.6 Å². The van der Waals surface area contributed by atoms with Crippen molar-refractivity contribution < 1.29 is 5.11 Å². The van der Waals surface area contributed by atoms with E-state index in [1.54, 1.807) is 0 Å². The molecule has 134 valence electrons. The fraction of sp³-hybridized carbons (Fsp3) is 0.571. The summed E-state index contributed by atoms with van der Waals surface area (Å²) in [6.07, 6.45) is 5.23. The minimum Gasteiger partial charge on any atom is -0.385 e. The molecule has 25 heavy (non-hydrogen) atoms. The maximum Gasteiger partial charge on any atom is 0.0939 e. The topological polar surface area (TPSA) is 41.3 Å². The smallest absolute Gasteiger partial charge is 0.0939 e. The normalized spacial score (nSPS) is 29.8. The van der Waals surface area contributed by atoms with Crippen LogP contribution in [-0.4, -0.2) is 32.9 Å². The Kier molecular flexibility index (Phi) is 4.20. The van der Waals surface area contributed by atoms with E-state index in [4.69, 9.17) is 0 Å². The third kappa shape index (κ3) is 2.91. The predicted octanol–water partition coefficient (Wildman–Crippen LogP) is 3.16. The molecule has 0 bridgehead atoms. The van der Waals surface area contributed by atoms with E-state index in [1.165, 1.54) is 23.2 Å². The van der Waals surface area contributed by atoms with Crippen LogP contribution in [0.25, 0.3) is 0 Å². The van der Waals surface area contributed by atoms with E-state index >= 15 is 0 Å². The fourth-order valence-corrected chi connectivity index (χ4v) is 4.88. The zero-order valence-electron chi connectivity index (χ0n) is 15.6. The molecule has 0 amide bonds. The van der Waals surface area contributed by atoms with Gasteiger partial charge >= 0.3 is 0 Å². The Bertz CT molecular complexity index is 751. The number of hydrogen-bond acceptors (Lipinski definition) is 3. The predicted molar refractivity (Wildman–Crippen MR) is 99.1 cm³/mol. The number of aliphatic hydroxyl groups is 1. The highest BCUT2D eigenvalue weighted by Gasteiger charge is 2.49. The van der Waals surface area contributed by atoms with Gasteiger partial charge in [-0.15, -0.1) is 0 Å². The van der Waals surface area contributed by atoms with Crippen LogP contribution in [0, 0.1) is 25.7 Å². The maximum atomic E-state index is 11.6. The molecule has 1 saturated heterocycles. The third-order valence-electron chi connectivity index (χ3n) is 6.55. The molecule has 1 aromatic heterocycles. The zero-order valence-corrected chi connectivity index (χ0v) is 15.6. The fourth-order valence-electron chi connectivity index (χ4n) is 4.88. The first-order valence-corrected chi connectivity index (χ1v) is 9.47. The van der Waals surface area contributed by atoms with Crippen LogP contribution in [0.2, 0.25) is 0 Å². The maximum absolute atomic E-state index is 11.6. The minimum atomic E-state index is -0.671. The lowest BCUT2D eigenvalue weighted by atomic mass is 9.67. The second-order valence-electron chi connectivity index (χ2n) is 8.12. The van der Waals surface area contributed by atoms with Crippen LogP contribution in [0.5, 0.6) is 0 Å². The lowest BCUT2D eigenvalue weighted by Gasteiger charge is -2.41. The van der Waals surface area contributed by atoms with Gasteiger partial charge in [0.15, 0.2) is 0 Å². The Hall–Kier alpha value is -1.65. The summed E-state index contributed by atoms with van der Waals surface area (Å²) in [4.78, 5) is 2.52. The lowest BCUT2D eigenvalue weighted by Crippen LogP contribution is -2.42. The van der Waals surface area contributed by atoms with Crippen molar-refractivity contribution in [2.45, 2.75) is 45.3 Å². The number of nitrogens with zero attached hydrogens (tertiary/aromatic N) is 3. The summed E-state index contributed by atoms with van der Waals surface area (Å²) in [6.45, 7) is 7.24. The largest absolute Gasteiger partial charge is 0.385 e. The van der Waals surface area contributed by atoms with Gasteiger partial charge in [-0.1, -0.05) is 29.8 Å². The van der Waals surface area contributed by atoms with E-state index in [-0.39, 0.29) is 0 Å². The van der Waals surface area contributed by atoms with Gasteiger partial charge in [0.1, 0.15) is 0 Å². The molecule has 0 radical (unpaired) electrons. The Balaban J connectivity index is 1.55. The molecule has 4 nitrogen and oxygen atoms in total. The van der Waals surface area contributed by atoms with Crippen molar-refractivity contribution in [1.29, 1.82) is 0 Å². The van der Waals surface area contributed by atoms with E-state index in [2.05, 4.69) is 48.1 Å². The van der Waals surface area contributed by atoms with Gasteiger partial charge in [-0.05, 0) is 44.6 Å². The minimum absolute atomic E-state index is 0.334. The monoisotopic (exact) mass is 339 g/mol. The molecule has 0 spiro atoms. The summed E-state index contributed by atoms with van der Waals surface area (Å²) in [5.41, 5.74) is 4.23. The van der Waals surface area contributed by atoms with Crippen LogP contribution < -0.4 is 0 Å². The molecule has 4 rings (SSSR count). The van der Waals surface area contributed by atoms with E-state index in [9.17, 15) is 5.11 Å². The van der Waals surface area contributed by atoms with Crippen molar-refractivity contribution in [3.05, 3.63) is 52.8 Å². The number of aryl methyl sites for hydroxylation is 2. The van der Waals surface area contributed by atoms with Gasteiger partial charge in [-0.3, -0.25) is 9.58 Å². The average Bonchev–Trinajstić information content (AvgIpc) is 3.15. The molecule has 2 aromatic rings. The van der Waals surface area contributed by atoms with Gasteiger partial charge < -0.3 is 5.11 Å². The highest BCUT2D eigenvalue weighted by Crippen LogP contribution is 2.48. The zero-order chi connectivity index (χ0) is 17.6. The summed E-state index contributed by atoms with van der Waals surface area (Å²) < 4.78 is 1.95. The van der Waals surface area contributed by atoms with Gasteiger partial charge in [0.25, 0.3) is 0 Å². The quantitative estimate of drug-likeness (QED) is 0.934. The molecule has 3 atom stereocenters. The SMILES string of the molecule is Cc1ccc(C2(O)CCCC3CN(Cc4cnn(C)c4C)CC32)cc1. The van der Waals surface area contributed by atoms with Crippen LogP contribution in [0.15, 0.2) is 30.5 Å². The van der Waals surface area contributed by atoms with Crippen molar-refractivity contribution in [2.24, 2.45) is 18.9 Å². The van der Waals surface area contributed by atoms with E-state index in [0.717, 1.165) is 38.0 Å². The standard InChI is InChI=1S/C21H29N3O/c1-15-6-8-19(9-7-15)21(25)10-4-5-17-12-24(14-20(17)21)13-18-11-22-23(3)16(18)2/h6-9,11,17,20,25H,4-5,10,12-14H2,1-3H3. The van der Waals surface area contributed by atoms with Gasteiger partial charge in [0.05, 0.1) is 11.8 Å². The molecule has 1 aliphatic heterocycles. The molecule has 3 unspecified atom stereocenters. The summed E-state index contributed by atoms with van der Waals surface area (Å²) in [6, 6.07) is 8.52. The first kappa shape index (κ1) is 16.8. The summed E-state index contributed by atoms with van der Waals surface area (Å²) in [7, 11) is 2.00. The van der Waals surface area contributed by atoms with E-state index in [1.807, 2.05) is 17.9 Å². The average molecular weight is 339 g/mol. The summed E-state index contributed by atoms with van der Waals surface area (Å²) >= 11 is 0. The number of rotatable bonds is 3. The number of likely N-dealkylation sites (tertiary alicyclic amines) is 1. The molecule has 2 fully saturated rings. The first-order valence-electron chi connectivity index (χ1n) is 9.47. The molecule has 1 saturated carbocycles. The number of hydrogen-bond donors (Lipinski definition) is 1. The molecular weight excluding hydrogens is 310 g/mol. The first-order chi connectivity index (χ1) is 12.0. The molecule has 1 N–H and O–H groups in total. The molecule has 2 heterocycles. The van der Waals surface area contributed by atoms with Crippen molar-refractivity contribution in [3.8, 4) is 0 Å². The third-order valence-corrected chi connectivity index (χ3v) is 6.55. The second-order valence-corrected chi connectivity index (χ2v) is 8.12. The van der Waals surface area contributed by atoms with Gasteiger partial charge in [-0.2, -0.15) is 5.10 Å². The molecule has 4 heteroatoms. The van der Waals surface area contributed by atoms with Crippen molar-refractivity contribution in [1.82, 2.24) is 14.7 Å². The molecular formula is C21H29N3O. The molecule has 2 aliphatic rings. The Morgan fingerprint density at radius 2 is 1.96 bits per heavy atom. The van der Waals surface area contributed by atoms with Crippen molar-refractivity contribution in [3.63, 3.8) is 0 Å². The van der Waals surface area contributed by atoms with Crippen molar-refractivity contribution >= 4 is 0 Å². The van der Waals surface area contributed by atoms with Gasteiger partial charge in [0, 0.05) is 43.9 Å². The van der Waals surface area contributed by atoms with Crippen LogP contribution >= 0.6 is 0 Å². The van der Waals surface area contributed by atoms with Gasteiger partial charge in [-0.25, -0.2) is 0 Å². The number of fused-ring (bicyclic) bond motifs is 1. The number of aromatic nitrogens is 2. The highest BCUT2D eigenvalue weighted by atomic mass is 16.3. The van der Waals surface area contributed by atoms with Crippen LogP contribution in [0.4, 0.5) is 0 Å². The Morgan fingerprint density at radius 1 is 1.20 bits per heavy atom.